The summed E-state index contributed by atoms with van der Waals surface area (Å²) in [6, 6.07) is 22.4. The van der Waals surface area contributed by atoms with Gasteiger partial charge in [-0.3, -0.25) is 29.0 Å². The van der Waals surface area contributed by atoms with Crippen LogP contribution in [0.3, 0.4) is 0 Å². The summed E-state index contributed by atoms with van der Waals surface area (Å²) >= 11 is 0. The minimum atomic E-state index is -0.237. The highest BCUT2D eigenvalue weighted by Crippen LogP contribution is 2.31. The zero-order chi connectivity index (χ0) is 30.8. The molecule has 2 aliphatic heterocycles. The Hall–Kier alpha value is -4.40. The quantitative estimate of drug-likeness (QED) is 0.197. The Kier molecular flexibility index (Phi) is 8.55. The molecule has 0 spiro atoms. The van der Waals surface area contributed by atoms with E-state index in [1.54, 1.807) is 12.1 Å². The van der Waals surface area contributed by atoms with Gasteiger partial charge >= 0.3 is 0 Å². The van der Waals surface area contributed by atoms with Gasteiger partial charge in [0.15, 0.2) is 0 Å². The highest BCUT2D eigenvalue weighted by molar-refractivity contribution is 6.26. The van der Waals surface area contributed by atoms with E-state index in [0.717, 1.165) is 60.4 Å². The summed E-state index contributed by atoms with van der Waals surface area (Å²) in [5, 5.41) is 3.31. The third-order valence-corrected chi connectivity index (χ3v) is 8.90. The molecule has 0 aromatic heterocycles. The number of nitrogens with zero attached hydrogens (tertiary/aromatic N) is 4. The van der Waals surface area contributed by atoms with E-state index in [9.17, 15) is 19.2 Å². The van der Waals surface area contributed by atoms with E-state index in [1.165, 1.54) is 9.80 Å². The van der Waals surface area contributed by atoms with Crippen molar-refractivity contribution in [2.45, 2.75) is 26.2 Å². The first kappa shape index (κ1) is 29.7. The SMILES string of the molecule is CCCCN(CCCN(C)CCN1C(=O)c2cccc3cccc(c23)C1=O)CCN1C(=O)c2cccc3cccc(c23)C1=O. The Morgan fingerprint density at radius 3 is 1.36 bits per heavy atom. The number of amides is 4. The lowest BCUT2D eigenvalue weighted by molar-refractivity contribution is 0.0583. The average molecular weight is 591 g/mol. The fraction of sp³-hybridized carbons (Fsp3) is 0.333. The fourth-order valence-corrected chi connectivity index (χ4v) is 6.47. The molecule has 8 nitrogen and oxygen atoms in total. The molecular formula is C36H38N4O4. The van der Waals surface area contributed by atoms with Gasteiger partial charge in [0.05, 0.1) is 0 Å². The minimum absolute atomic E-state index is 0.227. The number of carbonyl (C=O) groups is 4. The molecule has 0 unspecified atom stereocenters. The van der Waals surface area contributed by atoms with Crippen molar-refractivity contribution in [1.29, 1.82) is 0 Å². The summed E-state index contributed by atoms with van der Waals surface area (Å²) in [5.74, 6) is -0.927. The highest BCUT2D eigenvalue weighted by Gasteiger charge is 2.34. The van der Waals surface area contributed by atoms with Crippen LogP contribution in [0.5, 0.6) is 0 Å². The molecule has 4 aromatic carbocycles. The van der Waals surface area contributed by atoms with Crippen LogP contribution in [0.4, 0.5) is 0 Å². The van der Waals surface area contributed by atoms with E-state index in [0.29, 0.717) is 48.4 Å². The van der Waals surface area contributed by atoms with Crippen LogP contribution in [0.1, 0.15) is 67.6 Å². The number of hydrogen-bond donors (Lipinski definition) is 0. The van der Waals surface area contributed by atoms with Crippen LogP contribution in [0.2, 0.25) is 0 Å². The molecule has 0 saturated carbocycles. The van der Waals surface area contributed by atoms with Crippen molar-refractivity contribution in [3.05, 3.63) is 95.1 Å². The molecular weight excluding hydrogens is 552 g/mol. The van der Waals surface area contributed by atoms with E-state index < -0.39 is 0 Å². The van der Waals surface area contributed by atoms with Crippen LogP contribution in [0, 0.1) is 0 Å². The predicted octanol–water partition coefficient (Wildman–Crippen LogP) is 5.31. The molecule has 0 N–H and O–H groups in total. The minimum Gasteiger partial charge on any atom is -0.305 e. The summed E-state index contributed by atoms with van der Waals surface area (Å²) in [6.07, 6.45) is 2.98. The molecule has 2 aliphatic rings. The summed E-state index contributed by atoms with van der Waals surface area (Å²) in [7, 11) is 2.01. The van der Waals surface area contributed by atoms with E-state index in [-0.39, 0.29) is 23.6 Å². The van der Waals surface area contributed by atoms with Crippen molar-refractivity contribution in [3.8, 4) is 0 Å². The summed E-state index contributed by atoms with van der Waals surface area (Å²) in [5.41, 5.74) is 2.34. The van der Waals surface area contributed by atoms with Crippen molar-refractivity contribution < 1.29 is 19.2 Å². The number of carbonyl (C=O) groups excluding carboxylic acids is 4. The van der Waals surface area contributed by atoms with E-state index in [1.807, 2.05) is 67.7 Å². The number of unbranched alkanes of at least 4 members (excludes halogenated alkanes) is 1. The molecule has 2 heterocycles. The molecule has 0 fully saturated rings. The van der Waals surface area contributed by atoms with Crippen LogP contribution in [0.15, 0.2) is 72.8 Å². The van der Waals surface area contributed by atoms with Crippen molar-refractivity contribution in [3.63, 3.8) is 0 Å². The van der Waals surface area contributed by atoms with Crippen molar-refractivity contribution >= 4 is 45.2 Å². The van der Waals surface area contributed by atoms with Crippen LogP contribution in [-0.4, -0.2) is 96.1 Å². The first-order valence-electron chi connectivity index (χ1n) is 15.6. The van der Waals surface area contributed by atoms with Crippen LogP contribution in [0.25, 0.3) is 21.5 Å². The zero-order valence-corrected chi connectivity index (χ0v) is 25.4. The Morgan fingerprint density at radius 1 is 0.523 bits per heavy atom. The van der Waals surface area contributed by atoms with Gasteiger partial charge in [0.2, 0.25) is 0 Å². The van der Waals surface area contributed by atoms with Gasteiger partial charge in [0.25, 0.3) is 23.6 Å². The maximum Gasteiger partial charge on any atom is 0.261 e. The largest absolute Gasteiger partial charge is 0.305 e. The maximum atomic E-state index is 13.3. The molecule has 4 amide bonds. The van der Waals surface area contributed by atoms with Gasteiger partial charge < -0.3 is 9.80 Å². The highest BCUT2D eigenvalue weighted by atomic mass is 16.2. The number of benzene rings is 4. The van der Waals surface area contributed by atoms with Crippen molar-refractivity contribution in [2.24, 2.45) is 0 Å². The molecule has 226 valence electrons. The van der Waals surface area contributed by atoms with Crippen LogP contribution in [-0.2, 0) is 0 Å². The Labute approximate surface area is 257 Å². The number of rotatable bonds is 13. The molecule has 0 saturated heterocycles. The normalized spacial score (nSPS) is 14.6. The summed E-state index contributed by atoms with van der Waals surface area (Å²) < 4.78 is 0. The monoisotopic (exact) mass is 590 g/mol. The smallest absolute Gasteiger partial charge is 0.261 e. The molecule has 0 bridgehead atoms. The number of imide groups is 2. The second-order valence-electron chi connectivity index (χ2n) is 11.8. The van der Waals surface area contributed by atoms with E-state index in [2.05, 4.69) is 16.7 Å². The van der Waals surface area contributed by atoms with Gasteiger partial charge in [0, 0.05) is 59.2 Å². The standard InChI is InChI=1S/C36H38N4O4/c1-3-4-19-38(22-24-40-35(43)29-16-7-12-26-13-8-17-30(32(26)29)36(40)44)20-9-18-37(2)21-23-39-33(41)27-14-5-10-25-11-6-15-28(31(25)27)34(39)42/h5-8,10-17H,3-4,9,18-24H2,1-2H3. The van der Waals surface area contributed by atoms with Gasteiger partial charge in [-0.15, -0.1) is 0 Å². The third-order valence-electron chi connectivity index (χ3n) is 8.90. The Balaban J connectivity index is 1.03. The molecule has 44 heavy (non-hydrogen) atoms. The molecule has 8 heteroatoms. The molecule has 4 aromatic rings. The predicted molar refractivity (Wildman–Crippen MR) is 172 cm³/mol. The number of likely N-dealkylation sites (N-methyl/N-ethyl adjacent to an activating group) is 1. The van der Waals surface area contributed by atoms with Gasteiger partial charge in [-0.05, 0) is 74.6 Å². The topological polar surface area (TPSA) is 81.2 Å². The lowest BCUT2D eigenvalue weighted by Crippen LogP contribution is -2.45. The number of hydrogen-bond acceptors (Lipinski definition) is 6. The Bertz CT molecular complexity index is 1660. The van der Waals surface area contributed by atoms with Gasteiger partial charge in [-0.25, -0.2) is 0 Å². The van der Waals surface area contributed by atoms with Gasteiger partial charge in [-0.1, -0.05) is 61.9 Å². The molecule has 0 aliphatic carbocycles. The first-order chi connectivity index (χ1) is 21.4. The maximum absolute atomic E-state index is 13.3. The zero-order valence-electron chi connectivity index (χ0n) is 25.4. The second kappa shape index (κ2) is 12.7. The lowest BCUT2D eigenvalue weighted by Gasteiger charge is -2.31. The second-order valence-corrected chi connectivity index (χ2v) is 11.8. The fourth-order valence-electron chi connectivity index (χ4n) is 6.47. The van der Waals surface area contributed by atoms with Gasteiger partial charge in [-0.2, -0.15) is 0 Å². The summed E-state index contributed by atoms with van der Waals surface area (Å²) in [6.45, 7) is 6.52. The lowest BCUT2D eigenvalue weighted by atomic mass is 9.94. The van der Waals surface area contributed by atoms with Crippen LogP contribution < -0.4 is 0 Å². The van der Waals surface area contributed by atoms with E-state index >= 15 is 0 Å². The Morgan fingerprint density at radius 2 is 0.932 bits per heavy atom. The van der Waals surface area contributed by atoms with E-state index in [4.69, 9.17) is 0 Å². The van der Waals surface area contributed by atoms with Crippen LogP contribution >= 0.6 is 0 Å². The summed E-state index contributed by atoms with van der Waals surface area (Å²) in [4.78, 5) is 60.4. The molecule has 6 rings (SSSR count). The van der Waals surface area contributed by atoms with Crippen molar-refractivity contribution in [1.82, 2.24) is 19.6 Å². The van der Waals surface area contributed by atoms with Crippen molar-refractivity contribution in [2.75, 3.05) is 52.9 Å². The molecule has 0 atom stereocenters. The third kappa shape index (κ3) is 5.51. The molecule has 0 radical (unpaired) electrons. The average Bonchev–Trinajstić information content (AvgIpc) is 3.04. The first-order valence-corrected chi connectivity index (χ1v) is 15.6. The van der Waals surface area contributed by atoms with Gasteiger partial charge in [0.1, 0.15) is 0 Å².